The maximum Gasteiger partial charge on any atom is 0.227 e. The first kappa shape index (κ1) is 9.40. The second kappa shape index (κ2) is 3.34. The van der Waals surface area contributed by atoms with E-state index in [1.54, 1.807) is 0 Å². The van der Waals surface area contributed by atoms with Gasteiger partial charge in [-0.25, -0.2) is 9.97 Å². The van der Waals surface area contributed by atoms with Gasteiger partial charge >= 0.3 is 0 Å². The van der Waals surface area contributed by atoms with Gasteiger partial charge in [0.15, 0.2) is 0 Å². The van der Waals surface area contributed by atoms with E-state index in [1.165, 1.54) is 25.7 Å². The van der Waals surface area contributed by atoms with Crippen molar-refractivity contribution in [2.75, 3.05) is 4.90 Å². The van der Waals surface area contributed by atoms with Crippen LogP contribution in [-0.4, -0.2) is 22.1 Å². The molecule has 0 radical (unpaired) electrons. The number of anilines is 1. The molecule has 2 fully saturated rings. The second-order valence-electron chi connectivity index (χ2n) is 4.50. The Morgan fingerprint density at radius 2 is 1.80 bits per heavy atom. The molecule has 0 aliphatic carbocycles. The van der Waals surface area contributed by atoms with E-state index in [-0.39, 0.29) is 0 Å². The van der Waals surface area contributed by atoms with Gasteiger partial charge in [0.25, 0.3) is 0 Å². The molecule has 2 aliphatic heterocycles. The Labute approximate surface area is 94.5 Å². The summed E-state index contributed by atoms with van der Waals surface area (Å²) in [7, 11) is 0. The van der Waals surface area contributed by atoms with E-state index < -0.39 is 0 Å². The third kappa shape index (κ3) is 1.49. The molecule has 0 N–H and O–H groups in total. The molecule has 0 spiro atoms. The third-order valence-electron chi connectivity index (χ3n) is 3.50. The minimum Gasteiger partial charge on any atom is -0.335 e. The predicted octanol–water partition coefficient (Wildman–Crippen LogP) is 2.57. The molecule has 3 nitrogen and oxygen atoms in total. The smallest absolute Gasteiger partial charge is 0.227 e. The quantitative estimate of drug-likeness (QED) is 0.686. The summed E-state index contributed by atoms with van der Waals surface area (Å²) in [6.07, 6.45) is 5.17. The first-order valence-corrected chi connectivity index (χ1v) is 5.91. The zero-order valence-corrected chi connectivity index (χ0v) is 9.54. The number of aromatic nitrogens is 2. The minimum atomic E-state index is 0.559. The van der Waals surface area contributed by atoms with Crippen LogP contribution >= 0.6 is 11.6 Å². The molecule has 0 amide bonds. The van der Waals surface area contributed by atoms with E-state index in [4.69, 9.17) is 11.6 Å². The molecule has 15 heavy (non-hydrogen) atoms. The van der Waals surface area contributed by atoms with Gasteiger partial charge in [0.2, 0.25) is 5.95 Å². The molecule has 3 rings (SSSR count). The van der Waals surface area contributed by atoms with Crippen molar-refractivity contribution in [3.05, 3.63) is 16.9 Å². The fourth-order valence-corrected chi connectivity index (χ4v) is 3.10. The van der Waals surface area contributed by atoms with Crippen molar-refractivity contribution < 1.29 is 0 Å². The van der Waals surface area contributed by atoms with E-state index in [9.17, 15) is 0 Å². The van der Waals surface area contributed by atoms with Crippen LogP contribution in [0.15, 0.2) is 6.07 Å². The molecule has 2 saturated heterocycles. The van der Waals surface area contributed by atoms with Crippen molar-refractivity contribution in [1.29, 1.82) is 0 Å². The summed E-state index contributed by atoms with van der Waals surface area (Å²) in [4.78, 5) is 11.2. The van der Waals surface area contributed by atoms with E-state index >= 15 is 0 Å². The molecule has 80 valence electrons. The van der Waals surface area contributed by atoms with E-state index in [0.29, 0.717) is 17.2 Å². The number of hydrogen-bond donors (Lipinski definition) is 0. The summed E-state index contributed by atoms with van der Waals surface area (Å²) in [6, 6.07) is 3.13. The van der Waals surface area contributed by atoms with Crippen molar-refractivity contribution in [3.8, 4) is 0 Å². The lowest BCUT2D eigenvalue weighted by atomic mass is 10.0. The molecular formula is C11H14ClN3. The van der Waals surface area contributed by atoms with Crippen molar-refractivity contribution in [1.82, 2.24) is 9.97 Å². The van der Waals surface area contributed by atoms with Crippen LogP contribution < -0.4 is 4.90 Å². The summed E-state index contributed by atoms with van der Waals surface area (Å²) in [6.45, 7) is 1.97. The second-order valence-corrected chi connectivity index (χ2v) is 4.89. The number of hydrogen-bond acceptors (Lipinski definition) is 3. The molecule has 3 heterocycles. The monoisotopic (exact) mass is 223 g/mol. The normalized spacial score (nSPS) is 28.8. The predicted molar refractivity (Wildman–Crippen MR) is 60.3 cm³/mol. The molecule has 2 aliphatic rings. The molecule has 0 aromatic carbocycles. The number of halogens is 1. The number of aryl methyl sites for hydroxylation is 1. The summed E-state index contributed by atoms with van der Waals surface area (Å²) >= 11 is 5.97. The first-order valence-electron chi connectivity index (χ1n) is 5.53. The Hall–Kier alpha value is -0.830. The standard InChI is InChI=1S/C11H14ClN3/c1-7-6-10(12)14-11(13-7)15-8-2-3-9(15)5-4-8/h6,8-9H,2-5H2,1H3. The topological polar surface area (TPSA) is 29.0 Å². The van der Waals surface area contributed by atoms with Crippen LogP contribution in [0.25, 0.3) is 0 Å². The van der Waals surface area contributed by atoms with Gasteiger partial charge in [-0.05, 0) is 38.7 Å². The van der Waals surface area contributed by atoms with E-state index in [1.807, 2.05) is 13.0 Å². The average molecular weight is 224 g/mol. The molecule has 1 aromatic rings. The lowest BCUT2D eigenvalue weighted by Gasteiger charge is -2.22. The van der Waals surface area contributed by atoms with Gasteiger partial charge in [0.1, 0.15) is 5.15 Å². The van der Waals surface area contributed by atoms with Gasteiger partial charge in [0, 0.05) is 17.8 Å². The number of fused-ring (bicyclic) bond motifs is 2. The molecular weight excluding hydrogens is 210 g/mol. The summed E-state index contributed by atoms with van der Waals surface area (Å²) < 4.78 is 0. The Morgan fingerprint density at radius 1 is 1.20 bits per heavy atom. The Balaban J connectivity index is 1.99. The lowest BCUT2D eigenvalue weighted by Crippen LogP contribution is -2.30. The first-order chi connectivity index (χ1) is 7.24. The Morgan fingerprint density at radius 3 is 2.33 bits per heavy atom. The molecule has 0 saturated carbocycles. The van der Waals surface area contributed by atoms with Gasteiger partial charge in [-0.2, -0.15) is 0 Å². The van der Waals surface area contributed by atoms with Crippen molar-refractivity contribution in [3.63, 3.8) is 0 Å². The molecule has 2 bridgehead atoms. The van der Waals surface area contributed by atoms with Gasteiger partial charge in [-0.15, -0.1) is 0 Å². The van der Waals surface area contributed by atoms with Crippen LogP contribution in [0.2, 0.25) is 5.15 Å². The van der Waals surface area contributed by atoms with Gasteiger partial charge in [0.05, 0.1) is 0 Å². The van der Waals surface area contributed by atoms with Crippen LogP contribution in [0.3, 0.4) is 0 Å². The lowest BCUT2D eigenvalue weighted by molar-refractivity contribution is 0.576. The highest BCUT2D eigenvalue weighted by molar-refractivity contribution is 6.29. The maximum atomic E-state index is 5.97. The zero-order valence-electron chi connectivity index (χ0n) is 8.78. The summed E-state index contributed by atoms with van der Waals surface area (Å²) in [5.74, 6) is 0.838. The fraction of sp³-hybridized carbons (Fsp3) is 0.636. The van der Waals surface area contributed by atoms with Crippen LogP contribution in [0.4, 0.5) is 5.95 Å². The van der Waals surface area contributed by atoms with Gasteiger partial charge in [-0.3, -0.25) is 0 Å². The molecule has 1 aromatic heterocycles. The molecule has 4 heteroatoms. The average Bonchev–Trinajstić information content (AvgIpc) is 2.74. The van der Waals surface area contributed by atoms with Gasteiger partial charge < -0.3 is 4.90 Å². The largest absolute Gasteiger partial charge is 0.335 e. The van der Waals surface area contributed by atoms with Crippen molar-refractivity contribution >= 4 is 17.5 Å². The highest BCUT2D eigenvalue weighted by Crippen LogP contribution is 2.39. The van der Waals surface area contributed by atoms with Crippen LogP contribution in [0.5, 0.6) is 0 Å². The number of nitrogens with zero attached hydrogens (tertiary/aromatic N) is 3. The van der Waals surface area contributed by atoms with Crippen LogP contribution in [0, 0.1) is 6.92 Å². The van der Waals surface area contributed by atoms with E-state index in [0.717, 1.165) is 11.6 Å². The fourth-order valence-electron chi connectivity index (χ4n) is 2.87. The summed E-state index contributed by atoms with van der Waals surface area (Å²) in [5.41, 5.74) is 0.955. The third-order valence-corrected chi connectivity index (χ3v) is 3.69. The van der Waals surface area contributed by atoms with Crippen LogP contribution in [0.1, 0.15) is 31.4 Å². The zero-order chi connectivity index (χ0) is 10.4. The Kier molecular flexibility index (Phi) is 2.09. The van der Waals surface area contributed by atoms with E-state index in [2.05, 4.69) is 14.9 Å². The van der Waals surface area contributed by atoms with Crippen molar-refractivity contribution in [2.45, 2.75) is 44.7 Å². The van der Waals surface area contributed by atoms with Gasteiger partial charge in [-0.1, -0.05) is 11.6 Å². The highest BCUT2D eigenvalue weighted by Gasteiger charge is 2.40. The maximum absolute atomic E-state index is 5.97. The molecule has 0 unspecified atom stereocenters. The Bertz CT molecular complexity index is 353. The van der Waals surface area contributed by atoms with Crippen LogP contribution in [-0.2, 0) is 0 Å². The highest BCUT2D eigenvalue weighted by atomic mass is 35.5. The van der Waals surface area contributed by atoms with Crippen molar-refractivity contribution in [2.24, 2.45) is 0 Å². The summed E-state index contributed by atoms with van der Waals surface area (Å²) in [5, 5.41) is 0.559. The number of rotatable bonds is 1. The SMILES string of the molecule is Cc1cc(Cl)nc(N2C3CCC2CC3)n1. The molecule has 0 atom stereocenters. The minimum absolute atomic E-state index is 0.559.